The molecule has 4 heterocycles. The average molecular weight is 394 g/mol. The lowest BCUT2D eigenvalue weighted by Gasteiger charge is -2.56. The van der Waals surface area contributed by atoms with E-state index in [0.29, 0.717) is 5.92 Å². The van der Waals surface area contributed by atoms with Crippen molar-refractivity contribution in [3.63, 3.8) is 0 Å². The molecule has 0 unspecified atom stereocenters. The highest BCUT2D eigenvalue weighted by molar-refractivity contribution is 7.20. The van der Waals surface area contributed by atoms with Crippen LogP contribution in [0.3, 0.4) is 0 Å². The molecule has 2 aromatic rings. The predicted molar refractivity (Wildman–Crippen MR) is 113 cm³/mol. The molecule has 5 rings (SSSR count). The summed E-state index contributed by atoms with van der Waals surface area (Å²) in [7, 11) is 4.08. The Morgan fingerprint density at radius 1 is 1.23 bits per heavy atom. The molecule has 1 amide bonds. The van der Waals surface area contributed by atoms with Crippen LogP contribution in [0, 0.1) is 5.92 Å². The Bertz CT molecular complexity index is 808. The molecule has 0 radical (unpaired) electrons. The Kier molecular flexibility index (Phi) is 5.26. The summed E-state index contributed by atoms with van der Waals surface area (Å²) in [6.07, 6.45) is 2.40. The van der Waals surface area contributed by atoms with Crippen LogP contribution in [0.15, 0.2) is 24.3 Å². The molecule has 3 aliphatic heterocycles. The van der Waals surface area contributed by atoms with Crippen molar-refractivity contribution in [3.05, 3.63) is 29.1 Å². The fourth-order valence-corrected chi connectivity index (χ4v) is 5.50. The second-order valence-corrected chi connectivity index (χ2v) is 9.24. The number of carbonyl (C=O) groups is 1. The topological polar surface area (TPSA) is 35.6 Å². The maximum Gasteiger partial charge on any atom is 0.261 e. The third kappa shape index (κ3) is 3.21. The van der Waals surface area contributed by atoms with Crippen LogP contribution in [0.25, 0.3) is 10.1 Å². The lowest BCUT2D eigenvalue weighted by Crippen LogP contribution is -2.69. The molecule has 26 heavy (non-hydrogen) atoms. The highest BCUT2D eigenvalue weighted by Crippen LogP contribution is 2.39. The van der Waals surface area contributed by atoms with E-state index in [4.69, 9.17) is 0 Å². The van der Waals surface area contributed by atoms with Crippen LogP contribution >= 0.6 is 23.7 Å². The number of hydrogen-bond donors (Lipinski definition) is 1. The minimum atomic E-state index is 0. The first-order chi connectivity index (χ1) is 11.9. The molecule has 0 spiro atoms. The van der Waals surface area contributed by atoms with Crippen LogP contribution in [0.1, 0.15) is 36.4 Å². The zero-order chi connectivity index (χ0) is 17.8. The van der Waals surface area contributed by atoms with Crippen LogP contribution in [0.2, 0.25) is 0 Å². The van der Waals surface area contributed by atoms with Crippen LogP contribution in [0.4, 0.5) is 5.69 Å². The summed E-state index contributed by atoms with van der Waals surface area (Å²) in [5.74, 6) is 0.693. The van der Waals surface area contributed by atoms with Gasteiger partial charge in [-0.25, -0.2) is 0 Å². The number of benzene rings is 1. The standard InChI is InChI=1S/C20H27N3OS.ClH/c1-20(2)18(13-7-9-23(20)10-8-13)21-19(24)17-11-14-5-6-15(22(3)4)12-16(14)25-17;/h5-6,11-13,18H,7-10H2,1-4H3,(H,21,24);1H/t18-;/m1./s1. The number of hydrogen-bond acceptors (Lipinski definition) is 4. The molecule has 1 aromatic heterocycles. The summed E-state index contributed by atoms with van der Waals surface area (Å²) in [6, 6.07) is 8.65. The van der Waals surface area contributed by atoms with E-state index in [1.807, 2.05) is 20.2 Å². The highest BCUT2D eigenvalue weighted by atomic mass is 35.5. The van der Waals surface area contributed by atoms with Crippen molar-refractivity contribution in [3.8, 4) is 0 Å². The molecule has 1 aromatic carbocycles. The van der Waals surface area contributed by atoms with Crippen molar-refractivity contribution in [2.75, 3.05) is 32.1 Å². The molecule has 0 aliphatic carbocycles. The van der Waals surface area contributed by atoms with Gasteiger partial charge < -0.3 is 10.2 Å². The van der Waals surface area contributed by atoms with Crippen molar-refractivity contribution in [2.45, 2.75) is 38.3 Å². The summed E-state index contributed by atoms with van der Waals surface area (Å²) < 4.78 is 1.17. The first-order valence-electron chi connectivity index (χ1n) is 9.13. The predicted octanol–water partition coefficient (Wildman–Crippen LogP) is 3.99. The molecule has 3 aliphatic rings. The first kappa shape index (κ1) is 19.5. The third-order valence-corrected chi connectivity index (χ3v) is 7.21. The Hall–Kier alpha value is -1.30. The number of nitrogens with zero attached hydrogens (tertiary/aromatic N) is 2. The van der Waals surface area contributed by atoms with Gasteiger partial charge in [0.25, 0.3) is 5.91 Å². The van der Waals surface area contributed by atoms with E-state index in [1.54, 1.807) is 11.3 Å². The smallest absolute Gasteiger partial charge is 0.261 e. The van der Waals surface area contributed by atoms with Crippen molar-refractivity contribution in [1.82, 2.24) is 10.2 Å². The minimum Gasteiger partial charge on any atom is -0.378 e. The van der Waals surface area contributed by atoms with Crippen LogP contribution in [-0.2, 0) is 0 Å². The van der Waals surface area contributed by atoms with Gasteiger partial charge in [0.2, 0.25) is 0 Å². The quantitative estimate of drug-likeness (QED) is 0.856. The normalized spacial score (nSPS) is 26.4. The van der Waals surface area contributed by atoms with E-state index in [0.717, 1.165) is 10.3 Å². The first-order valence-corrected chi connectivity index (χ1v) is 9.95. The van der Waals surface area contributed by atoms with E-state index in [2.05, 4.69) is 47.2 Å². The monoisotopic (exact) mass is 393 g/mol. The number of amides is 1. The maximum atomic E-state index is 12.9. The van der Waals surface area contributed by atoms with Gasteiger partial charge in [0.05, 0.1) is 4.88 Å². The summed E-state index contributed by atoms with van der Waals surface area (Å²) in [4.78, 5) is 18.4. The van der Waals surface area contributed by atoms with Crippen LogP contribution in [-0.4, -0.2) is 49.6 Å². The molecule has 1 atom stereocenters. The van der Waals surface area contributed by atoms with E-state index in [1.165, 1.54) is 36.3 Å². The summed E-state index contributed by atoms with van der Waals surface area (Å²) >= 11 is 1.59. The Labute approximate surface area is 166 Å². The average Bonchev–Trinajstić information content (AvgIpc) is 3.01. The van der Waals surface area contributed by atoms with E-state index >= 15 is 0 Å². The number of anilines is 1. The molecule has 3 fully saturated rings. The number of rotatable bonds is 3. The molecule has 142 valence electrons. The number of fused-ring (bicyclic) bond motifs is 4. The SMILES string of the molecule is CN(C)c1ccc2cc(C(=O)N[C@@H]3C4CCN(CC4)C3(C)C)sc2c1.Cl. The van der Waals surface area contributed by atoms with Gasteiger partial charge in [-0.2, -0.15) is 0 Å². The van der Waals surface area contributed by atoms with Gasteiger partial charge in [0.15, 0.2) is 0 Å². The number of carbonyl (C=O) groups excluding carboxylic acids is 1. The molecule has 1 N–H and O–H groups in total. The Balaban J connectivity index is 0.00000196. The fraction of sp³-hybridized carbons (Fsp3) is 0.550. The van der Waals surface area contributed by atoms with Crippen molar-refractivity contribution >= 4 is 45.4 Å². The third-order valence-electron chi connectivity index (χ3n) is 6.12. The van der Waals surface area contributed by atoms with Gasteiger partial charge >= 0.3 is 0 Å². The van der Waals surface area contributed by atoms with Gasteiger partial charge in [0.1, 0.15) is 0 Å². The van der Waals surface area contributed by atoms with Gasteiger partial charge in [0, 0.05) is 36.1 Å². The number of piperidine rings is 3. The van der Waals surface area contributed by atoms with Gasteiger partial charge in [-0.1, -0.05) is 6.07 Å². The second-order valence-electron chi connectivity index (χ2n) is 8.16. The van der Waals surface area contributed by atoms with Crippen molar-refractivity contribution in [2.24, 2.45) is 5.92 Å². The minimum absolute atomic E-state index is 0. The van der Waals surface area contributed by atoms with Gasteiger partial charge in [-0.15, -0.1) is 23.7 Å². The Morgan fingerprint density at radius 3 is 2.54 bits per heavy atom. The molecule has 6 heteroatoms. The number of thiophene rings is 1. The summed E-state index contributed by atoms with van der Waals surface area (Å²) in [6.45, 7) is 6.88. The number of nitrogens with one attached hydrogen (secondary N) is 1. The molecule has 3 saturated heterocycles. The van der Waals surface area contributed by atoms with E-state index < -0.39 is 0 Å². The van der Waals surface area contributed by atoms with E-state index in [-0.39, 0.29) is 29.9 Å². The lowest BCUT2D eigenvalue weighted by molar-refractivity contribution is -0.0377. The van der Waals surface area contributed by atoms with E-state index in [9.17, 15) is 4.79 Å². The summed E-state index contributed by atoms with van der Waals surface area (Å²) in [5.41, 5.74) is 1.21. The second kappa shape index (κ2) is 7.02. The van der Waals surface area contributed by atoms with Crippen molar-refractivity contribution in [1.29, 1.82) is 0 Å². The largest absolute Gasteiger partial charge is 0.378 e. The Morgan fingerprint density at radius 2 is 1.92 bits per heavy atom. The molecule has 4 nitrogen and oxygen atoms in total. The molecular formula is C20H28ClN3OS. The molecule has 2 bridgehead atoms. The summed E-state index contributed by atoms with van der Waals surface area (Å²) in [5, 5.41) is 4.52. The molecular weight excluding hydrogens is 366 g/mol. The highest BCUT2D eigenvalue weighted by Gasteiger charge is 2.48. The van der Waals surface area contributed by atoms with Crippen LogP contribution in [0.5, 0.6) is 0 Å². The fourth-order valence-electron chi connectivity index (χ4n) is 4.50. The van der Waals surface area contributed by atoms with Crippen molar-refractivity contribution < 1.29 is 4.79 Å². The number of halogens is 1. The molecule has 0 saturated carbocycles. The lowest BCUT2D eigenvalue weighted by atomic mass is 9.72. The van der Waals surface area contributed by atoms with Gasteiger partial charge in [-0.05, 0) is 69.3 Å². The zero-order valence-electron chi connectivity index (χ0n) is 15.9. The zero-order valence-corrected chi connectivity index (χ0v) is 17.5. The van der Waals surface area contributed by atoms with Gasteiger partial charge in [-0.3, -0.25) is 9.69 Å². The van der Waals surface area contributed by atoms with Crippen LogP contribution < -0.4 is 10.2 Å². The maximum absolute atomic E-state index is 12.9.